The third-order valence-corrected chi connectivity index (χ3v) is 4.38. The van der Waals surface area contributed by atoms with Crippen molar-refractivity contribution in [2.75, 3.05) is 25.0 Å². The highest BCUT2D eigenvalue weighted by Gasteiger charge is 2.32. The molecule has 25 heavy (non-hydrogen) atoms. The zero-order valence-corrected chi connectivity index (χ0v) is 14.0. The summed E-state index contributed by atoms with van der Waals surface area (Å²) in [5, 5.41) is 2.94. The Morgan fingerprint density at radius 3 is 2.64 bits per heavy atom. The fourth-order valence-electron chi connectivity index (χ4n) is 2.98. The molecule has 2 aromatic rings. The van der Waals surface area contributed by atoms with Crippen molar-refractivity contribution in [1.29, 1.82) is 0 Å². The molecule has 0 atom stereocenters. The van der Waals surface area contributed by atoms with Gasteiger partial charge in [-0.05, 0) is 57.0 Å². The third-order valence-electron chi connectivity index (χ3n) is 4.38. The highest BCUT2D eigenvalue weighted by molar-refractivity contribution is 5.26. The Hall–Kier alpha value is -2.09. The summed E-state index contributed by atoms with van der Waals surface area (Å²) in [6.07, 6.45) is -1.36. The van der Waals surface area contributed by atoms with E-state index in [1.54, 1.807) is 0 Å². The molecular weight excluding hydrogens is 333 g/mol. The molecular formula is C17H21F3N4O. The Morgan fingerprint density at radius 1 is 1.24 bits per heavy atom. The number of nitrogens with one attached hydrogen (secondary N) is 1. The van der Waals surface area contributed by atoms with Gasteiger partial charge in [0.1, 0.15) is 17.2 Å². The summed E-state index contributed by atoms with van der Waals surface area (Å²) in [4.78, 5) is 9.73. The molecule has 5 nitrogen and oxygen atoms in total. The summed E-state index contributed by atoms with van der Waals surface area (Å²) < 4.78 is 43.6. The van der Waals surface area contributed by atoms with Gasteiger partial charge in [-0.1, -0.05) is 0 Å². The van der Waals surface area contributed by atoms with Gasteiger partial charge in [0.2, 0.25) is 5.95 Å². The van der Waals surface area contributed by atoms with Gasteiger partial charge in [0.15, 0.2) is 0 Å². The SMILES string of the molecule is Cc1ccc(CN2CCC(CNc3nccc(C(F)(F)F)n3)CC2)o1. The first-order valence-electron chi connectivity index (χ1n) is 8.32. The molecule has 0 aliphatic carbocycles. The van der Waals surface area contributed by atoms with Crippen LogP contribution in [0, 0.1) is 12.8 Å². The second-order valence-electron chi connectivity index (χ2n) is 6.38. The zero-order valence-electron chi connectivity index (χ0n) is 14.0. The Balaban J connectivity index is 1.45. The maximum absolute atomic E-state index is 12.7. The lowest BCUT2D eigenvalue weighted by atomic mass is 9.97. The van der Waals surface area contributed by atoms with Crippen LogP contribution in [0.1, 0.15) is 30.1 Å². The number of alkyl halides is 3. The van der Waals surface area contributed by atoms with Crippen molar-refractivity contribution in [1.82, 2.24) is 14.9 Å². The number of anilines is 1. The third kappa shape index (κ3) is 4.94. The van der Waals surface area contributed by atoms with Crippen LogP contribution in [0.4, 0.5) is 19.1 Å². The van der Waals surface area contributed by atoms with Gasteiger partial charge >= 0.3 is 6.18 Å². The minimum Gasteiger partial charge on any atom is -0.465 e. The molecule has 0 amide bonds. The van der Waals surface area contributed by atoms with Crippen molar-refractivity contribution < 1.29 is 17.6 Å². The van der Waals surface area contributed by atoms with E-state index in [0.29, 0.717) is 12.5 Å². The molecule has 136 valence electrons. The molecule has 0 saturated carbocycles. The summed E-state index contributed by atoms with van der Waals surface area (Å²) in [7, 11) is 0. The number of nitrogens with zero attached hydrogens (tertiary/aromatic N) is 3. The van der Waals surface area contributed by atoms with Gasteiger partial charge in [0, 0.05) is 12.7 Å². The molecule has 0 unspecified atom stereocenters. The monoisotopic (exact) mass is 354 g/mol. The fourth-order valence-corrected chi connectivity index (χ4v) is 2.98. The van der Waals surface area contributed by atoms with Gasteiger partial charge in [-0.2, -0.15) is 13.2 Å². The van der Waals surface area contributed by atoms with Crippen molar-refractivity contribution in [3.8, 4) is 0 Å². The molecule has 1 saturated heterocycles. The molecule has 0 bridgehead atoms. The van der Waals surface area contributed by atoms with E-state index >= 15 is 0 Å². The van der Waals surface area contributed by atoms with Crippen molar-refractivity contribution in [2.45, 2.75) is 32.5 Å². The van der Waals surface area contributed by atoms with Crippen LogP contribution in [0.2, 0.25) is 0 Å². The molecule has 1 N–H and O–H groups in total. The van der Waals surface area contributed by atoms with E-state index in [4.69, 9.17) is 4.42 Å². The van der Waals surface area contributed by atoms with Gasteiger partial charge < -0.3 is 9.73 Å². The molecule has 0 spiro atoms. The molecule has 0 aromatic carbocycles. The van der Waals surface area contributed by atoms with E-state index in [9.17, 15) is 13.2 Å². The van der Waals surface area contributed by atoms with E-state index in [1.165, 1.54) is 0 Å². The van der Waals surface area contributed by atoms with Gasteiger partial charge in [-0.25, -0.2) is 9.97 Å². The van der Waals surface area contributed by atoms with Gasteiger partial charge in [-0.3, -0.25) is 4.90 Å². The molecule has 2 aromatic heterocycles. The van der Waals surface area contributed by atoms with Gasteiger partial charge in [0.25, 0.3) is 0 Å². The lowest BCUT2D eigenvalue weighted by molar-refractivity contribution is -0.141. The van der Waals surface area contributed by atoms with Crippen molar-refractivity contribution in [2.24, 2.45) is 5.92 Å². The van der Waals surface area contributed by atoms with Crippen LogP contribution in [0.15, 0.2) is 28.8 Å². The van der Waals surface area contributed by atoms with Crippen LogP contribution in [-0.4, -0.2) is 34.5 Å². The number of piperidine rings is 1. The summed E-state index contributed by atoms with van der Waals surface area (Å²) in [6.45, 7) is 5.18. The maximum Gasteiger partial charge on any atom is 0.433 e. The molecule has 1 aliphatic heterocycles. The molecule has 3 heterocycles. The summed E-state index contributed by atoms with van der Waals surface area (Å²) in [6, 6.07) is 4.83. The quantitative estimate of drug-likeness (QED) is 0.887. The molecule has 0 radical (unpaired) electrons. The van der Waals surface area contributed by atoms with Crippen LogP contribution >= 0.6 is 0 Å². The minimum absolute atomic E-state index is 0.0308. The second kappa shape index (κ2) is 7.43. The first kappa shape index (κ1) is 17.7. The Bertz CT molecular complexity index is 693. The number of likely N-dealkylation sites (tertiary alicyclic amines) is 1. The Kier molecular flexibility index (Phi) is 5.27. The first-order chi connectivity index (χ1) is 11.9. The minimum atomic E-state index is -4.45. The Morgan fingerprint density at radius 2 is 2.00 bits per heavy atom. The van der Waals surface area contributed by atoms with Crippen LogP contribution < -0.4 is 5.32 Å². The number of rotatable bonds is 5. The van der Waals surface area contributed by atoms with E-state index in [-0.39, 0.29) is 5.95 Å². The molecule has 8 heteroatoms. The van der Waals surface area contributed by atoms with Crippen molar-refractivity contribution in [3.05, 3.63) is 41.6 Å². The van der Waals surface area contributed by atoms with Crippen molar-refractivity contribution in [3.63, 3.8) is 0 Å². The molecule has 1 aliphatic rings. The number of furan rings is 1. The standard InChI is InChI=1S/C17H21F3N4O/c1-12-2-3-14(25-12)11-24-8-5-13(6-9-24)10-22-16-21-7-4-15(23-16)17(18,19)20/h2-4,7,13H,5-6,8-11H2,1H3,(H,21,22,23). The summed E-state index contributed by atoms with van der Waals surface area (Å²) >= 11 is 0. The van der Waals surface area contributed by atoms with E-state index in [2.05, 4.69) is 20.2 Å². The predicted molar refractivity (Wildman–Crippen MR) is 87.0 cm³/mol. The number of aryl methyl sites for hydroxylation is 1. The molecule has 1 fully saturated rings. The molecule has 3 rings (SSSR count). The fraction of sp³-hybridized carbons (Fsp3) is 0.529. The lowest BCUT2D eigenvalue weighted by Gasteiger charge is -2.31. The summed E-state index contributed by atoms with van der Waals surface area (Å²) in [5.74, 6) is 2.30. The van der Waals surface area contributed by atoms with E-state index < -0.39 is 11.9 Å². The first-order valence-corrected chi connectivity index (χ1v) is 8.32. The topological polar surface area (TPSA) is 54.2 Å². The average molecular weight is 354 g/mol. The average Bonchev–Trinajstić information content (AvgIpc) is 2.99. The van der Waals surface area contributed by atoms with Crippen molar-refractivity contribution >= 4 is 5.95 Å². The van der Waals surface area contributed by atoms with Crippen LogP contribution in [0.5, 0.6) is 0 Å². The number of halogens is 3. The largest absolute Gasteiger partial charge is 0.465 e. The van der Waals surface area contributed by atoms with Crippen LogP contribution in [-0.2, 0) is 12.7 Å². The van der Waals surface area contributed by atoms with Gasteiger partial charge in [-0.15, -0.1) is 0 Å². The maximum atomic E-state index is 12.7. The van der Waals surface area contributed by atoms with Gasteiger partial charge in [0.05, 0.1) is 6.54 Å². The normalized spacial score (nSPS) is 17.0. The second-order valence-corrected chi connectivity index (χ2v) is 6.38. The predicted octanol–water partition coefficient (Wildman–Crippen LogP) is 3.72. The highest BCUT2D eigenvalue weighted by atomic mass is 19.4. The smallest absolute Gasteiger partial charge is 0.433 e. The number of hydrogen-bond donors (Lipinski definition) is 1. The van der Waals surface area contributed by atoms with Crippen LogP contribution in [0.25, 0.3) is 0 Å². The zero-order chi connectivity index (χ0) is 17.9. The highest BCUT2D eigenvalue weighted by Crippen LogP contribution is 2.27. The Labute approximate surface area is 144 Å². The van der Waals surface area contributed by atoms with E-state index in [1.807, 2.05) is 19.1 Å². The number of hydrogen-bond acceptors (Lipinski definition) is 5. The number of aromatic nitrogens is 2. The summed E-state index contributed by atoms with van der Waals surface area (Å²) in [5.41, 5.74) is -0.923. The van der Waals surface area contributed by atoms with Crippen LogP contribution in [0.3, 0.4) is 0 Å². The van der Waals surface area contributed by atoms with E-state index in [0.717, 1.165) is 56.3 Å². The lowest BCUT2D eigenvalue weighted by Crippen LogP contribution is -2.35.